The number of carboxylic acids is 1. The van der Waals surface area contributed by atoms with Crippen molar-refractivity contribution in [3.8, 4) is 0 Å². The molecule has 0 saturated carbocycles. The Labute approximate surface area is 99.0 Å². The molecule has 10 N–H and O–H groups in total. The fourth-order valence-electron chi connectivity index (χ4n) is 0.546. The van der Waals surface area contributed by atoms with E-state index in [2.05, 4.69) is 5.32 Å². The summed E-state index contributed by atoms with van der Waals surface area (Å²) < 4.78 is 4.85. The first-order valence-electron chi connectivity index (χ1n) is 3.94. The Morgan fingerprint density at radius 3 is 1.71 bits per heavy atom. The van der Waals surface area contributed by atoms with Crippen molar-refractivity contribution < 1.29 is 41.3 Å². The van der Waals surface area contributed by atoms with Crippen molar-refractivity contribution in [1.82, 2.24) is 5.32 Å². The predicted molar refractivity (Wildman–Crippen MR) is 60.9 cm³/mol. The zero-order valence-corrected chi connectivity index (χ0v) is 10.2. The molecular weight excluding hydrogens is 238 g/mol. The van der Waals surface area contributed by atoms with E-state index in [1.165, 1.54) is 6.92 Å². The second-order valence-corrected chi connectivity index (χ2v) is 3.71. The molecule has 1 amide bonds. The Morgan fingerprint density at radius 1 is 1.12 bits per heavy atom. The summed E-state index contributed by atoms with van der Waals surface area (Å²) in [6.45, 7) is 6.49. The van der Waals surface area contributed by atoms with E-state index < -0.39 is 23.7 Å². The Bertz CT molecular complexity index is 212. The molecule has 1 unspecified atom stereocenters. The van der Waals surface area contributed by atoms with Crippen molar-refractivity contribution >= 4 is 12.1 Å². The van der Waals surface area contributed by atoms with Gasteiger partial charge in [-0.05, 0) is 27.7 Å². The number of rotatable bonds is 2. The molecular formula is C8H23NO8. The summed E-state index contributed by atoms with van der Waals surface area (Å²) in [7, 11) is 0. The summed E-state index contributed by atoms with van der Waals surface area (Å²) in [6, 6.07) is -0.935. The Hall–Kier alpha value is -1.42. The summed E-state index contributed by atoms with van der Waals surface area (Å²) in [4.78, 5) is 21.3. The highest BCUT2D eigenvalue weighted by Crippen LogP contribution is 2.06. The average molecular weight is 261 g/mol. The van der Waals surface area contributed by atoms with Gasteiger partial charge in [-0.25, -0.2) is 4.79 Å². The maximum atomic E-state index is 11.0. The van der Waals surface area contributed by atoms with Crippen molar-refractivity contribution in [3.63, 3.8) is 0 Å². The third-order valence-corrected chi connectivity index (χ3v) is 1.10. The minimum absolute atomic E-state index is 0. The lowest BCUT2D eigenvalue weighted by Gasteiger charge is -2.20. The van der Waals surface area contributed by atoms with Crippen LogP contribution < -0.4 is 5.32 Å². The van der Waals surface area contributed by atoms with Crippen molar-refractivity contribution in [2.45, 2.75) is 39.3 Å². The Morgan fingerprint density at radius 2 is 1.47 bits per heavy atom. The molecule has 0 bridgehead atoms. The zero-order chi connectivity index (χ0) is 10.6. The molecule has 0 heterocycles. The molecule has 0 aliphatic rings. The third kappa shape index (κ3) is 17.2. The number of aliphatic carboxylic acids is 1. The van der Waals surface area contributed by atoms with Gasteiger partial charge in [0.05, 0.1) is 0 Å². The lowest BCUT2D eigenvalue weighted by Crippen LogP contribution is -2.41. The minimum Gasteiger partial charge on any atom is -0.480 e. The number of amides is 1. The first-order valence-corrected chi connectivity index (χ1v) is 3.94. The van der Waals surface area contributed by atoms with Crippen LogP contribution in [0.25, 0.3) is 0 Å². The van der Waals surface area contributed by atoms with Crippen LogP contribution in [0.2, 0.25) is 0 Å². The molecule has 0 aromatic carbocycles. The van der Waals surface area contributed by atoms with Crippen LogP contribution in [0.4, 0.5) is 4.79 Å². The SMILES string of the molecule is CC(NC(=O)OC(C)(C)C)C(=O)O.O.O.O.O. The van der Waals surface area contributed by atoms with Crippen molar-refractivity contribution in [1.29, 1.82) is 0 Å². The van der Waals surface area contributed by atoms with Crippen LogP contribution in [-0.4, -0.2) is 50.7 Å². The lowest BCUT2D eigenvalue weighted by molar-refractivity contribution is -0.139. The number of carbonyl (C=O) groups is 2. The van der Waals surface area contributed by atoms with Gasteiger partial charge in [0.15, 0.2) is 0 Å². The molecule has 9 nitrogen and oxygen atoms in total. The van der Waals surface area contributed by atoms with E-state index in [-0.39, 0.29) is 21.9 Å². The highest BCUT2D eigenvalue weighted by atomic mass is 16.6. The summed E-state index contributed by atoms with van der Waals surface area (Å²) in [5.74, 6) is -1.09. The fourth-order valence-corrected chi connectivity index (χ4v) is 0.546. The van der Waals surface area contributed by atoms with Gasteiger partial charge in [-0.15, -0.1) is 0 Å². The molecule has 17 heavy (non-hydrogen) atoms. The van der Waals surface area contributed by atoms with Gasteiger partial charge in [0.25, 0.3) is 0 Å². The van der Waals surface area contributed by atoms with Crippen LogP contribution in [-0.2, 0) is 9.53 Å². The number of hydrogen-bond donors (Lipinski definition) is 2. The molecule has 0 aliphatic heterocycles. The third-order valence-electron chi connectivity index (χ3n) is 1.10. The van der Waals surface area contributed by atoms with Crippen molar-refractivity contribution in [2.75, 3.05) is 0 Å². The molecule has 0 radical (unpaired) electrons. The largest absolute Gasteiger partial charge is 0.480 e. The quantitative estimate of drug-likeness (QED) is 0.561. The fraction of sp³-hybridized carbons (Fsp3) is 0.750. The van der Waals surface area contributed by atoms with E-state index in [0.29, 0.717) is 0 Å². The van der Waals surface area contributed by atoms with E-state index in [4.69, 9.17) is 9.84 Å². The number of hydrogen-bond acceptors (Lipinski definition) is 3. The van der Waals surface area contributed by atoms with Gasteiger partial charge in [-0.3, -0.25) is 4.79 Å². The van der Waals surface area contributed by atoms with Gasteiger partial charge in [0, 0.05) is 0 Å². The van der Waals surface area contributed by atoms with Gasteiger partial charge in [0.2, 0.25) is 0 Å². The highest BCUT2D eigenvalue weighted by molar-refractivity contribution is 5.79. The summed E-state index contributed by atoms with van der Waals surface area (Å²) in [5.41, 5.74) is -0.609. The second kappa shape index (κ2) is 11.1. The Balaban J connectivity index is -0.000000120. The second-order valence-electron chi connectivity index (χ2n) is 3.71. The van der Waals surface area contributed by atoms with E-state index in [1.807, 2.05) is 0 Å². The average Bonchev–Trinajstić information content (AvgIpc) is 1.81. The van der Waals surface area contributed by atoms with Gasteiger partial charge in [0.1, 0.15) is 11.6 Å². The number of carboxylic acid groups (broad SMARTS) is 1. The first kappa shape index (κ1) is 29.6. The highest BCUT2D eigenvalue weighted by Gasteiger charge is 2.20. The normalized spacial score (nSPS) is 10.1. The number of ether oxygens (including phenoxy) is 1. The number of carbonyl (C=O) groups excluding carboxylic acids is 1. The van der Waals surface area contributed by atoms with Crippen LogP contribution in [0.3, 0.4) is 0 Å². The molecule has 0 spiro atoms. The summed E-state index contributed by atoms with van der Waals surface area (Å²) in [6.07, 6.45) is -0.720. The minimum atomic E-state index is -1.09. The molecule has 0 fully saturated rings. The van der Waals surface area contributed by atoms with E-state index in [0.717, 1.165) is 0 Å². The number of nitrogens with one attached hydrogen (secondary N) is 1. The number of alkyl carbamates (subject to hydrolysis) is 1. The van der Waals surface area contributed by atoms with E-state index >= 15 is 0 Å². The van der Waals surface area contributed by atoms with Gasteiger partial charge in [-0.1, -0.05) is 0 Å². The van der Waals surface area contributed by atoms with Crippen LogP contribution >= 0.6 is 0 Å². The molecule has 0 aromatic rings. The molecule has 9 heteroatoms. The summed E-state index contributed by atoms with van der Waals surface area (Å²) in [5, 5.41) is 10.6. The van der Waals surface area contributed by atoms with Crippen LogP contribution in [0.1, 0.15) is 27.7 Å². The van der Waals surface area contributed by atoms with Crippen molar-refractivity contribution in [3.05, 3.63) is 0 Å². The molecule has 0 rings (SSSR count). The Kier molecular flexibility index (Phi) is 19.3. The lowest BCUT2D eigenvalue weighted by atomic mass is 10.2. The summed E-state index contributed by atoms with van der Waals surface area (Å²) >= 11 is 0. The molecule has 0 aromatic heterocycles. The topological polar surface area (TPSA) is 202 Å². The smallest absolute Gasteiger partial charge is 0.408 e. The molecule has 1 atom stereocenters. The molecule has 0 saturated heterocycles. The standard InChI is InChI=1S/C8H15NO4.4H2O/c1-5(6(10)11)9-7(12)13-8(2,3)4;;;;/h5H,1-4H3,(H,9,12)(H,10,11);4*1H2. The first-order chi connectivity index (χ1) is 5.72. The van der Waals surface area contributed by atoms with Crippen molar-refractivity contribution in [2.24, 2.45) is 0 Å². The maximum absolute atomic E-state index is 11.0. The van der Waals surface area contributed by atoms with Crippen LogP contribution in [0.15, 0.2) is 0 Å². The van der Waals surface area contributed by atoms with Gasteiger partial charge in [-0.2, -0.15) is 0 Å². The molecule has 108 valence electrons. The zero-order valence-electron chi connectivity index (χ0n) is 10.2. The van der Waals surface area contributed by atoms with Crippen LogP contribution in [0.5, 0.6) is 0 Å². The maximum Gasteiger partial charge on any atom is 0.408 e. The van der Waals surface area contributed by atoms with Gasteiger partial charge < -0.3 is 37.1 Å². The predicted octanol–water partition coefficient (Wildman–Crippen LogP) is -2.31. The van der Waals surface area contributed by atoms with Gasteiger partial charge >= 0.3 is 12.1 Å². The monoisotopic (exact) mass is 261 g/mol. The van der Waals surface area contributed by atoms with E-state index in [9.17, 15) is 9.59 Å². The van der Waals surface area contributed by atoms with Crippen LogP contribution in [0, 0.1) is 0 Å². The van der Waals surface area contributed by atoms with E-state index in [1.54, 1.807) is 20.8 Å². The molecule has 0 aliphatic carbocycles.